The number of nitrogens with one attached hydrogen (secondary N) is 1. The Hall–Kier alpha value is -2.25. The fourth-order valence-corrected chi connectivity index (χ4v) is 8.42. The standard InChI is InChI=1S/C50H87NO18/c1-3-5-7-9-11-12-13-14-15-16-17-18-19-20-22-24-26-28-38(56)51-33(34(55)27-25-23-21-10-8-6-4-2)32-64-48-44(62)41(59)46(36(30-53)66-48)69-50-45(63)42(60)47(37(31-54)67-50)68-49-43(61)40(58)39(57)35(29-52)65-49/h5,7,11-12,14-15,17-18,33-37,39-50,52-55,57-63H,3-4,6,8-10,13,16,19-32H2,1-2H3,(H,51,56)/b7-5-,12-11-,15-14-,18-17-. The van der Waals surface area contributed by atoms with Crippen LogP contribution in [0.15, 0.2) is 48.6 Å². The summed E-state index contributed by atoms with van der Waals surface area (Å²) < 4.78 is 34.1. The first kappa shape index (κ1) is 61.1. The van der Waals surface area contributed by atoms with Crippen LogP contribution in [0.3, 0.4) is 0 Å². The number of aliphatic hydroxyl groups excluding tert-OH is 11. The summed E-state index contributed by atoms with van der Waals surface area (Å²) in [5, 5.41) is 119. The second-order valence-corrected chi connectivity index (χ2v) is 18.3. The zero-order valence-corrected chi connectivity index (χ0v) is 40.8. The average molecular weight is 990 g/mol. The van der Waals surface area contributed by atoms with Gasteiger partial charge in [0.1, 0.15) is 73.2 Å². The number of allylic oxidation sites excluding steroid dienone is 8. The number of hydrogen-bond donors (Lipinski definition) is 12. The third-order valence-electron chi connectivity index (χ3n) is 12.7. The van der Waals surface area contributed by atoms with Crippen molar-refractivity contribution in [1.29, 1.82) is 0 Å². The van der Waals surface area contributed by atoms with Crippen molar-refractivity contribution in [3.8, 4) is 0 Å². The van der Waals surface area contributed by atoms with Crippen LogP contribution in [0.1, 0.15) is 129 Å². The minimum Gasteiger partial charge on any atom is -0.394 e. The van der Waals surface area contributed by atoms with Gasteiger partial charge in [0.15, 0.2) is 18.9 Å². The third kappa shape index (κ3) is 21.0. The van der Waals surface area contributed by atoms with Gasteiger partial charge in [-0.3, -0.25) is 4.79 Å². The lowest BCUT2D eigenvalue weighted by molar-refractivity contribution is -0.379. The first-order chi connectivity index (χ1) is 33.3. The normalized spacial score (nSPS) is 33.3. The molecule has 3 saturated heterocycles. The van der Waals surface area contributed by atoms with Crippen molar-refractivity contribution < 1.29 is 89.4 Å². The van der Waals surface area contributed by atoms with Crippen LogP contribution in [-0.2, 0) is 33.2 Å². The molecule has 1 amide bonds. The van der Waals surface area contributed by atoms with Gasteiger partial charge in [0.25, 0.3) is 0 Å². The van der Waals surface area contributed by atoms with Crippen molar-refractivity contribution in [3.63, 3.8) is 0 Å². The smallest absolute Gasteiger partial charge is 0.220 e. The predicted molar refractivity (Wildman–Crippen MR) is 254 cm³/mol. The Bertz CT molecular complexity index is 1460. The van der Waals surface area contributed by atoms with Crippen LogP contribution in [0, 0.1) is 0 Å². The Kier molecular flexibility index (Phi) is 31.0. The molecule has 0 aromatic heterocycles. The fourth-order valence-electron chi connectivity index (χ4n) is 8.42. The number of unbranched alkanes of at least 4 members (excludes halogenated alkanes) is 10. The summed E-state index contributed by atoms with van der Waals surface area (Å²) in [5.41, 5.74) is 0. The van der Waals surface area contributed by atoms with E-state index >= 15 is 0 Å². The summed E-state index contributed by atoms with van der Waals surface area (Å²) in [5.74, 6) is -0.275. The lowest BCUT2D eigenvalue weighted by atomic mass is 9.96. The molecule has 69 heavy (non-hydrogen) atoms. The molecule has 0 aromatic carbocycles. The summed E-state index contributed by atoms with van der Waals surface area (Å²) in [7, 11) is 0. The number of amides is 1. The van der Waals surface area contributed by atoms with E-state index in [0.717, 1.165) is 83.5 Å². The molecular formula is C50H87NO18. The van der Waals surface area contributed by atoms with E-state index in [2.05, 4.69) is 67.8 Å². The van der Waals surface area contributed by atoms with Crippen molar-refractivity contribution >= 4 is 5.91 Å². The topological polar surface area (TPSA) is 307 Å². The summed E-state index contributed by atoms with van der Waals surface area (Å²) in [6.45, 7) is 1.54. The zero-order chi connectivity index (χ0) is 50.6. The highest BCUT2D eigenvalue weighted by atomic mass is 16.8. The summed E-state index contributed by atoms with van der Waals surface area (Å²) in [6, 6.07) is -0.897. The van der Waals surface area contributed by atoms with Gasteiger partial charge in [-0.2, -0.15) is 0 Å². The van der Waals surface area contributed by atoms with Crippen molar-refractivity contribution in [3.05, 3.63) is 48.6 Å². The molecule has 0 bridgehead atoms. The van der Waals surface area contributed by atoms with Crippen molar-refractivity contribution in [2.24, 2.45) is 0 Å². The number of carbonyl (C=O) groups excluding carboxylic acids is 1. The highest BCUT2D eigenvalue weighted by Gasteiger charge is 2.53. The first-order valence-corrected chi connectivity index (χ1v) is 25.4. The maximum atomic E-state index is 13.2. The van der Waals surface area contributed by atoms with Gasteiger partial charge in [0.2, 0.25) is 5.91 Å². The summed E-state index contributed by atoms with van der Waals surface area (Å²) >= 11 is 0. The molecule has 0 saturated carbocycles. The lowest BCUT2D eigenvalue weighted by Crippen LogP contribution is -2.66. The van der Waals surface area contributed by atoms with Gasteiger partial charge in [-0.15, -0.1) is 0 Å². The largest absolute Gasteiger partial charge is 0.394 e. The van der Waals surface area contributed by atoms with Gasteiger partial charge in [0, 0.05) is 6.42 Å². The Morgan fingerprint density at radius 2 is 1.00 bits per heavy atom. The van der Waals surface area contributed by atoms with Crippen molar-refractivity contribution in [1.82, 2.24) is 5.32 Å². The van der Waals surface area contributed by atoms with Crippen LogP contribution in [0.5, 0.6) is 0 Å². The molecular weight excluding hydrogens is 903 g/mol. The van der Waals surface area contributed by atoms with Gasteiger partial charge >= 0.3 is 0 Å². The lowest BCUT2D eigenvalue weighted by Gasteiger charge is -2.48. The van der Waals surface area contributed by atoms with Crippen molar-refractivity contribution in [2.45, 2.75) is 234 Å². The van der Waals surface area contributed by atoms with Crippen LogP contribution in [-0.4, -0.2) is 193 Å². The maximum Gasteiger partial charge on any atom is 0.220 e. The quantitative estimate of drug-likeness (QED) is 0.0322. The molecule has 17 atom stereocenters. The summed E-state index contributed by atoms with van der Waals surface area (Å²) in [6.07, 6.45) is 6.82. The second-order valence-electron chi connectivity index (χ2n) is 18.3. The van der Waals surface area contributed by atoms with E-state index in [1.165, 1.54) is 6.42 Å². The van der Waals surface area contributed by atoms with Gasteiger partial charge in [-0.1, -0.05) is 120 Å². The fraction of sp³-hybridized carbons (Fsp3) is 0.820. The highest BCUT2D eigenvalue weighted by molar-refractivity contribution is 5.76. The molecule has 3 heterocycles. The van der Waals surface area contributed by atoms with Crippen LogP contribution < -0.4 is 5.32 Å². The molecule has 400 valence electrons. The minimum atomic E-state index is -1.97. The van der Waals surface area contributed by atoms with E-state index in [4.69, 9.17) is 28.4 Å². The molecule has 12 N–H and O–H groups in total. The molecule has 17 unspecified atom stereocenters. The summed E-state index contributed by atoms with van der Waals surface area (Å²) in [4.78, 5) is 13.2. The molecule has 3 fully saturated rings. The molecule has 3 rings (SSSR count). The van der Waals surface area contributed by atoms with E-state index in [0.29, 0.717) is 19.3 Å². The molecule has 0 aliphatic carbocycles. The molecule has 3 aliphatic rings. The molecule has 0 aromatic rings. The van der Waals surface area contributed by atoms with Crippen LogP contribution in [0.25, 0.3) is 0 Å². The van der Waals surface area contributed by atoms with E-state index in [9.17, 15) is 61.0 Å². The first-order valence-electron chi connectivity index (χ1n) is 25.4. The average Bonchev–Trinajstić information content (AvgIpc) is 3.34. The SMILES string of the molecule is CC/C=C\C/C=C\C/C=C\C/C=C\CCCCCCC(=O)NC(COC1OC(CO)C(OC2OC(CO)C(OC3OC(CO)C(O)C(O)C3O)C(O)C2O)C(O)C1O)C(O)CCCCCCCCC. The molecule has 0 spiro atoms. The zero-order valence-electron chi connectivity index (χ0n) is 40.8. The maximum absolute atomic E-state index is 13.2. The number of ether oxygens (including phenoxy) is 6. The second kappa shape index (κ2) is 35.0. The molecule has 3 aliphatic heterocycles. The molecule has 19 nitrogen and oxygen atoms in total. The Balaban J connectivity index is 1.53. The van der Waals surface area contributed by atoms with E-state index in [-0.39, 0.29) is 18.9 Å². The van der Waals surface area contributed by atoms with Crippen LogP contribution in [0.4, 0.5) is 0 Å². The van der Waals surface area contributed by atoms with E-state index in [1.807, 2.05) is 0 Å². The van der Waals surface area contributed by atoms with E-state index < -0.39 is 124 Å². The molecule has 19 heteroatoms. The monoisotopic (exact) mass is 990 g/mol. The minimum absolute atomic E-state index is 0.235. The predicted octanol–water partition coefficient (Wildman–Crippen LogP) is 1.58. The van der Waals surface area contributed by atoms with Gasteiger partial charge < -0.3 is 89.9 Å². The third-order valence-corrected chi connectivity index (χ3v) is 12.7. The number of rotatable bonds is 34. The Morgan fingerprint density at radius 1 is 0.536 bits per heavy atom. The van der Waals surface area contributed by atoms with E-state index in [1.54, 1.807) is 0 Å². The van der Waals surface area contributed by atoms with Crippen molar-refractivity contribution in [2.75, 3.05) is 26.4 Å². The van der Waals surface area contributed by atoms with Gasteiger partial charge in [-0.25, -0.2) is 0 Å². The number of aliphatic hydroxyl groups is 11. The van der Waals surface area contributed by atoms with Gasteiger partial charge in [0.05, 0.1) is 38.6 Å². The Labute approximate surface area is 408 Å². The molecule has 0 radical (unpaired) electrons. The number of carbonyl (C=O) groups is 1. The van der Waals surface area contributed by atoms with Crippen LogP contribution >= 0.6 is 0 Å². The Morgan fingerprint density at radius 3 is 1.57 bits per heavy atom. The highest BCUT2D eigenvalue weighted by Crippen LogP contribution is 2.33. The number of hydrogen-bond acceptors (Lipinski definition) is 18. The van der Waals surface area contributed by atoms with Crippen LogP contribution in [0.2, 0.25) is 0 Å². The van der Waals surface area contributed by atoms with Gasteiger partial charge in [-0.05, 0) is 51.4 Å².